The highest BCUT2D eigenvalue weighted by Gasteiger charge is 2.36. The molecule has 3 aromatic rings. The Bertz CT molecular complexity index is 1260. The molecule has 0 spiro atoms. The summed E-state index contributed by atoms with van der Waals surface area (Å²) in [6.07, 6.45) is 2.15. The van der Waals surface area contributed by atoms with Crippen LogP contribution in [0.25, 0.3) is 0 Å². The first-order valence-corrected chi connectivity index (χ1v) is 11.1. The van der Waals surface area contributed by atoms with Crippen LogP contribution >= 0.6 is 0 Å². The highest BCUT2D eigenvalue weighted by atomic mass is 32.2. The minimum Gasteiger partial charge on any atom is -0.314 e. The molecule has 4 nitrogen and oxygen atoms in total. The molecular formula is C24H20FNO3S. The fourth-order valence-corrected chi connectivity index (χ4v) is 4.94. The second-order valence-electron chi connectivity index (χ2n) is 7.19. The average Bonchev–Trinajstić information content (AvgIpc) is 2.74. The number of anilines is 2. The maximum absolute atomic E-state index is 14.0. The Kier molecular flexibility index (Phi) is 5.03. The fourth-order valence-electron chi connectivity index (χ4n) is 3.41. The summed E-state index contributed by atoms with van der Waals surface area (Å²) in [5, 5.41) is 0. The van der Waals surface area contributed by atoms with Gasteiger partial charge in [0, 0.05) is 17.5 Å². The number of hydrogen-bond acceptors (Lipinski definition) is 4. The van der Waals surface area contributed by atoms with Crippen LogP contribution in [0, 0.1) is 12.7 Å². The molecule has 6 heteroatoms. The van der Waals surface area contributed by atoms with Crippen LogP contribution in [-0.2, 0) is 16.3 Å². The summed E-state index contributed by atoms with van der Waals surface area (Å²) in [4.78, 5) is 14.2. The molecule has 0 fully saturated rings. The van der Waals surface area contributed by atoms with Crippen molar-refractivity contribution >= 4 is 27.0 Å². The molecule has 0 bridgehead atoms. The molecule has 0 radical (unpaired) electrons. The molecule has 30 heavy (non-hydrogen) atoms. The van der Waals surface area contributed by atoms with Gasteiger partial charge in [-0.2, -0.15) is 0 Å². The molecule has 0 amide bonds. The highest BCUT2D eigenvalue weighted by molar-refractivity contribution is 7.96. The van der Waals surface area contributed by atoms with Gasteiger partial charge in [-0.1, -0.05) is 48.9 Å². The van der Waals surface area contributed by atoms with Crippen LogP contribution in [0.3, 0.4) is 0 Å². The maximum atomic E-state index is 14.0. The van der Waals surface area contributed by atoms with Crippen molar-refractivity contribution < 1.29 is 17.6 Å². The van der Waals surface area contributed by atoms with Gasteiger partial charge in [0.1, 0.15) is 10.7 Å². The number of Topliss-reactive ketones (excluding diaryl/α,β-unsaturated/α-hetero) is 1. The second kappa shape index (κ2) is 7.54. The van der Waals surface area contributed by atoms with E-state index in [1.54, 1.807) is 29.2 Å². The van der Waals surface area contributed by atoms with Crippen LogP contribution in [0.2, 0.25) is 0 Å². The van der Waals surface area contributed by atoms with Gasteiger partial charge in [-0.15, -0.1) is 0 Å². The predicted octanol–water partition coefficient (Wildman–Crippen LogP) is 5.35. The number of halogens is 1. The minimum atomic E-state index is -4.11. The van der Waals surface area contributed by atoms with Crippen molar-refractivity contribution in [1.29, 1.82) is 0 Å². The monoisotopic (exact) mass is 421 g/mol. The Morgan fingerprint density at radius 3 is 2.27 bits per heavy atom. The Morgan fingerprint density at radius 1 is 0.967 bits per heavy atom. The number of ketones is 1. The topological polar surface area (TPSA) is 54.5 Å². The number of benzene rings is 3. The summed E-state index contributed by atoms with van der Waals surface area (Å²) in [7, 11) is -4.11. The molecule has 0 atom stereocenters. The molecule has 0 unspecified atom stereocenters. The Hall–Kier alpha value is -3.25. The first kappa shape index (κ1) is 20.0. The summed E-state index contributed by atoms with van der Waals surface area (Å²) < 4.78 is 40.5. The minimum absolute atomic E-state index is 0.0959. The Morgan fingerprint density at radius 2 is 1.63 bits per heavy atom. The molecular weight excluding hydrogens is 401 g/mol. The number of sulfone groups is 1. The summed E-state index contributed by atoms with van der Waals surface area (Å²) >= 11 is 0. The van der Waals surface area contributed by atoms with E-state index in [0.29, 0.717) is 5.69 Å². The van der Waals surface area contributed by atoms with Gasteiger partial charge in [-0.25, -0.2) is 12.8 Å². The third-order valence-electron chi connectivity index (χ3n) is 5.17. The highest BCUT2D eigenvalue weighted by Crippen LogP contribution is 2.40. The van der Waals surface area contributed by atoms with Gasteiger partial charge in [-0.05, 0) is 49.2 Å². The Labute approximate surface area is 175 Å². The van der Waals surface area contributed by atoms with Crippen molar-refractivity contribution in [2.45, 2.75) is 25.2 Å². The van der Waals surface area contributed by atoms with Crippen LogP contribution in [-0.4, -0.2) is 14.2 Å². The largest absolute Gasteiger partial charge is 0.314 e. The first-order chi connectivity index (χ1) is 14.3. The van der Waals surface area contributed by atoms with Crippen LogP contribution < -0.4 is 4.90 Å². The SMILES string of the molecule is CCc1ccc(N2C=C(C(=O)c3ccc(C)cc3)S(=O)(=O)c3ccc(F)cc32)cc1. The van der Waals surface area contributed by atoms with Crippen molar-refractivity contribution in [3.63, 3.8) is 0 Å². The number of carbonyl (C=O) groups excluding carboxylic acids is 1. The lowest BCUT2D eigenvalue weighted by atomic mass is 10.1. The van der Waals surface area contributed by atoms with Gasteiger partial charge < -0.3 is 4.90 Å². The molecule has 1 heterocycles. The lowest BCUT2D eigenvalue weighted by Crippen LogP contribution is -2.26. The maximum Gasteiger partial charge on any atom is 0.214 e. The van der Waals surface area contributed by atoms with Gasteiger partial charge in [0.15, 0.2) is 0 Å². The zero-order valence-electron chi connectivity index (χ0n) is 16.6. The number of rotatable bonds is 4. The van der Waals surface area contributed by atoms with Gasteiger partial charge >= 0.3 is 0 Å². The zero-order chi connectivity index (χ0) is 21.5. The van der Waals surface area contributed by atoms with Crippen molar-refractivity contribution in [3.8, 4) is 0 Å². The summed E-state index contributed by atoms with van der Waals surface area (Å²) in [5.41, 5.74) is 3.18. The molecule has 0 aliphatic carbocycles. The van der Waals surface area contributed by atoms with Crippen molar-refractivity contribution in [2.24, 2.45) is 0 Å². The fraction of sp³-hybridized carbons (Fsp3) is 0.125. The number of aryl methyl sites for hydroxylation is 2. The first-order valence-electron chi connectivity index (χ1n) is 9.57. The average molecular weight is 421 g/mol. The lowest BCUT2D eigenvalue weighted by Gasteiger charge is -2.29. The van der Waals surface area contributed by atoms with E-state index in [4.69, 9.17) is 0 Å². The van der Waals surface area contributed by atoms with Crippen LogP contribution in [0.1, 0.15) is 28.4 Å². The van der Waals surface area contributed by atoms with E-state index < -0.39 is 21.4 Å². The quantitative estimate of drug-likeness (QED) is 0.421. The molecule has 1 aliphatic rings. The molecule has 0 saturated heterocycles. The van der Waals surface area contributed by atoms with E-state index in [1.165, 1.54) is 18.3 Å². The molecule has 0 N–H and O–H groups in total. The molecule has 0 saturated carbocycles. The van der Waals surface area contributed by atoms with E-state index in [0.717, 1.165) is 23.6 Å². The zero-order valence-corrected chi connectivity index (χ0v) is 17.4. The number of allylic oxidation sites excluding steroid dienone is 1. The number of hydrogen-bond donors (Lipinski definition) is 0. The van der Waals surface area contributed by atoms with Crippen LogP contribution in [0.15, 0.2) is 82.7 Å². The number of nitrogens with zero attached hydrogens (tertiary/aromatic N) is 1. The van der Waals surface area contributed by atoms with Crippen molar-refractivity contribution in [2.75, 3.05) is 4.90 Å². The van der Waals surface area contributed by atoms with E-state index in [2.05, 4.69) is 0 Å². The molecule has 152 valence electrons. The molecule has 3 aromatic carbocycles. The molecule has 1 aliphatic heterocycles. The standard InChI is InChI=1S/C24H20FNO3S/c1-3-17-6-11-20(12-7-17)26-15-23(24(27)18-8-4-16(2)5-9-18)30(28,29)22-13-10-19(25)14-21(22)26/h4-15H,3H2,1-2H3. The number of carbonyl (C=O) groups is 1. The summed E-state index contributed by atoms with van der Waals surface area (Å²) in [5.74, 6) is -1.15. The molecule has 0 aromatic heterocycles. The van der Waals surface area contributed by atoms with Crippen molar-refractivity contribution in [1.82, 2.24) is 0 Å². The Balaban J connectivity index is 1.90. The van der Waals surface area contributed by atoms with Crippen molar-refractivity contribution in [3.05, 3.63) is 100 Å². The predicted molar refractivity (Wildman–Crippen MR) is 115 cm³/mol. The lowest BCUT2D eigenvalue weighted by molar-refractivity contribution is 0.104. The molecule has 4 rings (SSSR count). The van der Waals surface area contributed by atoms with E-state index >= 15 is 0 Å². The normalized spacial score (nSPS) is 14.8. The summed E-state index contributed by atoms with van der Waals surface area (Å²) in [6.45, 7) is 3.92. The smallest absolute Gasteiger partial charge is 0.214 e. The van der Waals surface area contributed by atoms with Gasteiger partial charge in [0.05, 0.1) is 10.6 Å². The van der Waals surface area contributed by atoms with E-state index in [1.807, 2.05) is 38.1 Å². The van der Waals surface area contributed by atoms with Gasteiger partial charge in [-0.3, -0.25) is 4.79 Å². The van der Waals surface area contributed by atoms with Gasteiger partial charge in [0.25, 0.3) is 0 Å². The number of fused-ring (bicyclic) bond motifs is 1. The second-order valence-corrected chi connectivity index (χ2v) is 9.08. The van der Waals surface area contributed by atoms with Crippen LogP contribution in [0.5, 0.6) is 0 Å². The third-order valence-corrected chi connectivity index (χ3v) is 6.96. The van der Waals surface area contributed by atoms with E-state index in [9.17, 15) is 17.6 Å². The third kappa shape index (κ3) is 3.44. The van der Waals surface area contributed by atoms with Gasteiger partial charge in [0.2, 0.25) is 15.6 Å². The van der Waals surface area contributed by atoms with E-state index in [-0.39, 0.29) is 21.1 Å². The summed E-state index contributed by atoms with van der Waals surface area (Å²) in [6, 6.07) is 17.7. The van der Waals surface area contributed by atoms with Crippen LogP contribution in [0.4, 0.5) is 15.8 Å².